The number of carbonyl (C=O) groups is 2. The molecule has 0 bridgehead atoms. The van der Waals surface area contributed by atoms with E-state index >= 15 is 0 Å². The van der Waals surface area contributed by atoms with E-state index in [1.54, 1.807) is 12.1 Å². The molecule has 0 aliphatic carbocycles. The van der Waals surface area contributed by atoms with Crippen molar-refractivity contribution in [3.8, 4) is 5.88 Å². The first-order chi connectivity index (χ1) is 14.9. The Balaban J connectivity index is 1.70. The average molecular weight is 473 g/mol. The van der Waals surface area contributed by atoms with Gasteiger partial charge in [-0.2, -0.15) is 11.3 Å². The van der Waals surface area contributed by atoms with Crippen LogP contribution in [0.5, 0.6) is 5.88 Å². The first-order valence-electron chi connectivity index (χ1n) is 9.82. The number of nitrogens with one attached hydrogen (secondary N) is 1. The van der Waals surface area contributed by atoms with Crippen molar-refractivity contribution in [1.29, 1.82) is 0 Å². The number of ether oxygens (including phenoxy) is 1. The van der Waals surface area contributed by atoms with Crippen LogP contribution in [0.4, 0.5) is 0 Å². The summed E-state index contributed by atoms with van der Waals surface area (Å²) in [5, 5.41) is 6.62. The minimum atomic E-state index is -1.04. The van der Waals surface area contributed by atoms with E-state index in [2.05, 4.69) is 10.3 Å². The number of carbonyl (C=O) groups excluding carboxylic acids is 2. The maximum Gasteiger partial charge on any atom is 0.242 e. The molecule has 3 aromatic rings. The van der Waals surface area contributed by atoms with Gasteiger partial charge in [0.05, 0.1) is 16.8 Å². The monoisotopic (exact) mass is 472 g/mol. The number of aromatic nitrogens is 1. The highest BCUT2D eigenvalue weighted by Gasteiger charge is 2.48. The Morgan fingerprint density at radius 2 is 2.00 bits per heavy atom. The smallest absolute Gasteiger partial charge is 0.242 e. The summed E-state index contributed by atoms with van der Waals surface area (Å²) < 4.78 is 5.75. The molecule has 4 rings (SSSR count). The third-order valence-corrected chi connectivity index (χ3v) is 7.37. The molecular formula is C23H21ClN2O3S2. The summed E-state index contributed by atoms with van der Waals surface area (Å²) in [6.45, 7) is 3.84. The summed E-state index contributed by atoms with van der Waals surface area (Å²) in [6.07, 6.45) is 0.0502. The fourth-order valence-electron chi connectivity index (χ4n) is 3.55. The van der Waals surface area contributed by atoms with Gasteiger partial charge in [0.2, 0.25) is 11.8 Å². The SMILES string of the molecule is CC(C)Oc1cccc(C2(c3ccsc3)CC(=O)C(Sc3ccccc3Cl)C(=O)N2)n1. The largest absolute Gasteiger partial charge is 0.475 e. The van der Waals surface area contributed by atoms with Crippen LogP contribution in [-0.2, 0) is 15.1 Å². The standard InChI is InChI=1S/C23H21ClN2O3S2/c1-14(2)29-20-9-5-8-19(25-20)23(15-10-11-30-13-15)12-17(27)21(22(28)26-23)31-18-7-4-3-6-16(18)24/h3-11,13-14,21H,12H2,1-2H3,(H,26,28). The van der Waals surface area contributed by atoms with Gasteiger partial charge in [-0.25, -0.2) is 4.98 Å². The topological polar surface area (TPSA) is 68.3 Å². The Morgan fingerprint density at radius 3 is 2.68 bits per heavy atom. The van der Waals surface area contributed by atoms with Gasteiger partial charge in [0.15, 0.2) is 5.78 Å². The zero-order valence-electron chi connectivity index (χ0n) is 17.0. The lowest BCUT2D eigenvalue weighted by atomic mass is 9.79. The molecule has 5 nitrogen and oxygen atoms in total. The number of thioether (sulfide) groups is 1. The highest BCUT2D eigenvalue weighted by molar-refractivity contribution is 8.01. The fraction of sp³-hybridized carbons (Fsp3) is 0.261. The van der Waals surface area contributed by atoms with Crippen molar-refractivity contribution in [3.63, 3.8) is 0 Å². The molecule has 1 saturated heterocycles. The second-order valence-corrected chi connectivity index (χ2v) is 9.84. The molecule has 8 heteroatoms. The van der Waals surface area contributed by atoms with Gasteiger partial charge in [-0.05, 0) is 54.4 Å². The number of Topliss-reactive ketones (excluding diaryl/α,β-unsaturated/α-hetero) is 1. The van der Waals surface area contributed by atoms with E-state index in [1.807, 2.05) is 61.0 Å². The third kappa shape index (κ3) is 4.49. The lowest BCUT2D eigenvalue weighted by Gasteiger charge is -2.39. The third-order valence-electron chi connectivity index (χ3n) is 4.92. The number of pyridine rings is 1. The van der Waals surface area contributed by atoms with Gasteiger partial charge >= 0.3 is 0 Å². The molecule has 160 valence electrons. The van der Waals surface area contributed by atoms with Gasteiger partial charge in [0.25, 0.3) is 0 Å². The van der Waals surface area contributed by atoms with E-state index < -0.39 is 10.8 Å². The summed E-state index contributed by atoms with van der Waals surface area (Å²) >= 11 is 8.93. The molecule has 2 atom stereocenters. The number of nitrogens with zero attached hydrogens (tertiary/aromatic N) is 1. The maximum atomic E-state index is 13.3. The van der Waals surface area contributed by atoms with E-state index in [0.29, 0.717) is 21.5 Å². The van der Waals surface area contributed by atoms with E-state index in [4.69, 9.17) is 16.3 Å². The minimum absolute atomic E-state index is 0.0428. The summed E-state index contributed by atoms with van der Waals surface area (Å²) in [4.78, 5) is 31.8. The van der Waals surface area contributed by atoms with Crippen LogP contribution < -0.4 is 10.1 Å². The van der Waals surface area contributed by atoms with Crippen molar-refractivity contribution in [3.05, 3.63) is 75.6 Å². The minimum Gasteiger partial charge on any atom is -0.475 e. The van der Waals surface area contributed by atoms with Crippen LogP contribution >= 0.6 is 34.7 Å². The van der Waals surface area contributed by atoms with E-state index in [-0.39, 0.29) is 24.2 Å². The van der Waals surface area contributed by atoms with Crippen molar-refractivity contribution in [2.75, 3.05) is 0 Å². The molecule has 2 aromatic heterocycles. The second-order valence-electron chi connectivity index (χ2n) is 7.51. The Morgan fingerprint density at radius 1 is 1.19 bits per heavy atom. The van der Waals surface area contributed by atoms with Crippen molar-refractivity contribution < 1.29 is 14.3 Å². The van der Waals surface area contributed by atoms with Gasteiger partial charge in [0, 0.05) is 17.4 Å². The molecule has 1 fully saturated rings. The number of hydrogen-bond donors (Lipinski definition) is 1. The summed E-state index contributed by atoms with van der Waals surface area (Å²) in [7, 11) is 0. The number of ketones is 1. The molecule has 31 heavy (non-hydrogen) atoms. The van der Waals surface area contributed by atoms with E-state index in [9.17, 15) is 9.59 Å². The number of thiophene rings is 1. The van der Waals surface area contributed by atoms with Crippen LogP contribution in [0, 0.1) is 0 Å². The van der Waals surface area contributed by atoms with Crippen LogP contribution in [-0.4, -0.2) is 28.0 Å². The normalized spacial score (nSPS) is 21.2. The predicted molar refractivity (Wildman–Crippen MR) is 124 cm³/mol. The van der Waals surface area contributed by atoms with Crippen molar-refractivity contribution in [2.24, 2.45) is 0 Å². The second kappa shape index (κ2) is 9.02. The van der Waals surface area contributed by atoms with Gasteiger partial charge in [0.1, 0.15) is 10.8 Å². The van der Waals surface area contributed by atoms with Crippen molar-refractivity contribution >= 4 is 46.4 Å². The number of amides is 1. The Bertz CT molecular complexity index is 1080. The van der Waals surface area contributed by atoms with E-state index in [1.165, 1.54) is 23.1 Å². The maximum absolute atomic E-state index is 13.3. The van der Waals surface area contributed by atoms with Crippen molar-refractivity contribution in [2.45, 2.75) is 42.1 Å². The highest BCUT2D eigenvalue weighted by Crippen LogP contribution is 2.41. The van der Waals surface area contributed by atoms with Gasteiger partial charge in [-0.1, -0.05) is 29.8 Å². The highest BCUT2D eigenvalue weighted by atomic mass is 35.5. The number of hydrogen-bond acceptors (Lipinski definition) is 6. The van der Waals surface area contributed by atoms with Crippen LogP contribution in [0.15, 0.2) is 64.2 Å². The molecule has 3 heterocycles. The Labute approximate surface area is 194 Å². The molecule has 1 amide bonds. The van der Waals surface area contributed by atoms with Crippen LogP contribution in [0.1, 0.15) is 31.5 Å². The number of halogens is 1. The van der Waals surface area contributed by atoms with Gasteiger partial charge < -0.3 is 10.1 Å². The zero-order chi connectivity index (χ0) is 22.0. The molecule has 1 N–H and O–H groups in total. The van der Waals surface area contributed by atoms with Crippen LogP contribution in [0.25, 0.3) is 0 Å². The first-order valence-corrected chi connectivity index (χ1v) is 12.0. The molecule has 0 saturated carbocycles. The molecule has 1 aliphatic rings. The molecule has 0 radical (unpaired) electrons. The summed E-state index contributed by atoms with van der Waals surface area (Å²) in [5.41, 5.74) is 0.365. The lowest BCUT2D eigenvalue weighted by molar-refractivity contribution is -0.133. The van der Waals surface area contributed by atoms with E-state index in [0.717, 1.165) is 5.56 Å². The number of rotatable bonds is 6. The average Bonchev–Trinajstić information content (AvgIpc) is 3.27. The zero-order valence-corrected chi connectivity index (χ0v) is 19.4. The van der Waals surface area contributed by atoms with Crippen LogP contribution in [0.3, 0.4) is 0 Å². The quantitative estimate of drug-likeness (QED) is 0.507. The lowest BCUT2D eigenvalue weighted by Crippen LogP contribution is -2.58. The summed E-state index contributed by atoms with van der Waals surface area (Å²) in [6, 6.07) is 14.5. The summed E-state index contributed by atoms with van der Waals surface area (Å²) in [5.74, 6) is -0.0717. The number of benzene rings is 1. The van der Waals surface area contributed by atoms with Gasteiger partial charge in [-0.3, -0.25) is 9.59 Å². The Hall–Kier alpha value is -2.35. The van der Waals surface area contributed by atoms with Gasteiger partial charge in [-0.15, -0.1) is 11.8 Å². The van der Waals surface area contributed by atoms with Crippen LogP contribution in [0.2, 0.25) is 5.02 Å². The molecular weight excluding hydrogens is 452 g/mol. The molecule has 2 unspecified atom stereocenters. The predicted octanol–water partition coefficient (Wildman–Crippen LogP) is 5.08. The fourth-order valence-corrected chi connectivity index (χ4v) is 5.52. The molecule has 1 aromatic carbocycles. The first kappa shape index (κ1) is 21.9. The Kier molecular flexibility index (Phi) is 6.36. The molecule has 0 spiro atoms. The number of piperidine rings is 1. The molecule has 1 aliphatic heterocycles. The van der Waals surface area contributed by atoms with Crippen molar-refractivity contribution in [1.82, 2.24) is 10.3 Å².